The van der Waals surface area contributed by atoms with Crippen molar-refractivity contribution in [3.63, 3.8) is 0 Å². The van der Waals surface area contributed by atoms with Crippen LogP contribution in [0.5, 0.6) is 0 Å². The number of nitrogens with zero attached hydrogens (tertiary/aromatic N) is 4. The highest BCUT2D eigenvalue weighted by molar-refractivity contribution is 5.99. The van der Waals surface area contributed by atoms with Gasteiger partial charge in [-0.25, -0.2) is 0 Å². The molecule has 3 aromatic rings. The van der Waals surface area contributed by atoms with Crippen LogP contribution in [0.1, 0.15) is 35.0 Å². The summed E-state index contributed by atoms with van der Waals surface area (Å²) >= 11 is 0. The van der Waals surface area contributed by atoms with Crippen LogP contribution in [0.3, 0.4) is 0 Å². The number of aromatic nitrogens is 3. The van der Waals surface area contributed by atoms with E-state index in [1.165, 1.54) is 0 Å². The Labute approximate surface area is 175 Å². The highest BCUT2D eigenvalue weighted by atomic mass is 35.5. The third-order valence-corrected chi connectivity index (χ3v) is 4.66. The molecule has 1 aliphatic rings. The molecule has 2 N–H and O–H groups in total. The van der Waals surface area contributed by atoms with Crippen LogP contribution >= 0.6 is 24.8 Å². The molecule has 3 heterocycles. The van der Waals surface area contributed by atoms with Crippen LogP contribution in [0.4, 0.5) is 5.69 Å². The average molecular weight is 422 g/mol. The van der Waals surface area contributed by atoms with Crippen molar-refractivity contribution in [3.05, 3.63) is 60.1 Å². The van der Waals surface area contributed by atoms with Crippen molar-refractivity contribution >= 4 is 36.4 Å². The molecule has 1 aliphatic heterocycles. The summed E-state index contributed by atoms with van der Waals surface area (Å²) < 4.78 is 5.43. The smallest absolute Gasteiger partial charge is 0.255 e. The molecule has 9 heteroatoms. The number of halogens is 2. The van der Waals surface area contributed by atoms with Crippen molar-refractivity contribution < 1.29 is 9.32 Å². The second kappa shape index (κ2) is 9.52. The molecule has 0 unspecified atom stereocenters. The van der Waals surface area contributed by atoms with Gasteiger partial charge in [0.2, 0.25) is 11.7 Å². The number of nitrogen functional groups attached to an aromatic ring is 1. The van der Waals surface area contributed by atoms with E-state index in [1.54, 1.807) is 18.3 Å². The summed E-state index contributed by atoms with van der Waals surface area (Å²) in [5.74, 6) is 1.23. The Bertz CT molecular complexity index is 911. The average Bonchev–Trinajstić information content (AvgIpc) is 3.19. The zero-order chi connectivity index (χ0) is 17.9. The first-order chi connectivity index (χ1) is 12.7. The predicted molar refractivity (Wildman–Crippen MR) is 111 cm³/mol. The van der Waals surface area contributed by atoms with Gasteiger partial charge in [0.15, 0.2) is 0 Å². The lowest BCUT2D eigenvalue weighted by Gasteiger charge is -2.30. The zero-order valence-electron chi connectivity index (χ0n) is 15.0. The van der Waals surface area contributed by atoms with Crippen molar-refractivity contribution in [1.29, 1.82) is 0 Å². The molecule has 0 aliphatic carbocycles. The molecular formula is C19H21Cl2N5O2. The fourth-order valence-electron chi connectivity index (χ4n) is 3.19. The van der Waals surface area contributed by atoms with Gasteiger partial charge in [0.1, 0.15) is 5.69 Å². The molecule has 0 atom stereocenters. The largest absolute Gasteiger partial charge is 0.398 e. The third kappa shape index (κ3) is 4.43. The maximum atomic E-state index is 12.6. The van der Waals surface area contributed by atoms with Crippen LogP contribution in [0.2, 0.25) is 0 Å². The number of hydrogen-bond donors (Lipinski definition) is 1. The number of anilines is 1. The van der Waals surface area contributed by atoms with Gasteiger partial charge in [-0.1, -0.05) is 23.4 Å². The number of pyridine rings is 1. The number of hydrogen-bond acceptors (Lipinski definition) is 6. The number of carbonyl (C=O) groups excluding carboxylic acids is 1. The normalized spacial score (nSPS) is 14.1. The topological polar surface area (TPSA) is 98.1 Å². The quantitative estimate of drug-likeness (QED) is 0.648. The van der Waals surface area contributed by atoms with Crippen LogP contribution < -0.4 is 5.73 Å². The molecule has 0 saturated carbocycles. The van der Waals surface area contributed by atoms with Crippen LogP contribution in [0.15, 0.2) is 53.2 Å². The summed E-state index contributed by atoms with van der Waals surface area (Å²) in [6.07, 6.45) is 3.26. The Morgan fingerprint density at radius 2 is 1.79 bits per heavy atom. The number of rotatable bonds is 3. The van der Waals surface area contributed by atoms with Crippen LogP contribution in [-0.4, -0.2) is 39.0 Å². The number of nitrogens with two attached hydrogens (primary N) is 1. The summed E-state index contributed by atoms with van der Waals surface area (Å²) in [5, 5.41) is 4.03. The van der Waals surface area contributed by atoms with Crippen LogP contribution in [0, 0.1) is 0 Å². The maximum absolute atomic E-state index is 12.6. The molecule has 1 fully saturated rings. The second-order valence-corrected chi connectivity index (χ2v) is 6.32. The Morgan fingerprint density at radius 1 is 1.07 bits per heavy atom. The Balaban J connectivity index is 0.00000140. The minimum Gasteiger partial charge on any atom is -0.398 e. The lowest BCUT2D eigenvalue weighted by atomic mass is 9.96. The van der Waals surface area contributed by atoms with Gasteiger partial charge in [-0.15, -0.1) is 24.8 Å². The number of para-hydroxylation sites is 1. The zero-order valence-corrected chi connectivity index (χ0v) is 16.7. The predicted octanol–water partition coefficient (Wildman–Crippen LogP) is 3.58. The number of benzene rings is 1. The Kier molecular flexibility index (Phi) is 7.37. The van der Waals surface area contributed by atoms with E-state index in [4.69, 9.17) is 10.3 Å². The van der Waals surface area contributed by atoms with Gasteiger partial charge in [-0.3, -0.25) is 9.78 Å². The standard InChI is InChI=1S/C19H19N5O2.2ClH/c20-15-6-2-1-5-14(15)19(25)24-11-8-13(9-12-24)18-22-17(23-26-18)16-7-3-4-10-21-16;;/h1-7,10,13H,8-9,11-12,20H2;2*1H. The molecule has 28 heavy (non-hydrogen) atoms. The van der Waals surface area contributed by atoms with Crippen molar-refractivity contribution in [3.8, 4) is 11.5 Å². The third-order valence-electron chi connectivity index (χ3n) is 4.66. The van der Waals surface area contributed by atoms with E-state index in [0.717, 1.165) is 12.8 Å². The SMILES string of the molecule is Cl.Cl.Nc1ccccc1C(=O)N1CCC(c2nc(-c3ccccn3)no2)CC1. The molecule has 148 valence electrons. The van der Waals surface area contributed by atoms with Gasteiger partial charge in [-0.05, 0) is 37.1 Å². The number of carbonyl (C=O) groups is 1. The van der Waals surface area contributed by atoms with Gasteiger partial charge in [0.25, 0.3) is 5.91 Å². The first kappa shape index (κ1) is 21.7. The van der Waals surface area contributed by atoms with Crippen LogP contribution in [0.25, 0.3) is 11.5 Å². The summed E-state index contributed by atoms with van der Waals surface area (Å²) in [5.41, 5.74) is 7.67. The summed E-state index contributed by atoms with van der Waals surface area (Å²) in [6, 6.07) is 12.7. The van der Waals surface area contributed by atoms with E-state index in [1.807, 2.05) is 35.2 Å². The van der Waals surface area contributed by atoms with Crippen molar-refractivity contribution in [1.82, 2.24) is 20.0 Å². The summed E-state index contributed by atoms with van der Waals surface area (Å²) in [4.78, 5) is 23.2. The summed E-state index contributed by atoms with van der Waals surface area (Å²) in [6.45, 7) is 1.28. The molecule has 1 saturated heterocycles. The fraction of sp³-hybridized carbons (Fsp3) is 0.263. The van der Waals surface area contributed by atoms with Gasteiger partial charge in [-0.2, -0.15) is 4.98 Å². The van der Waals surface area contributed by atoms with E-state index in [2.05, 4.69) is 15.1 Å². The van der Waals surface area contributed by atoms with E-state index in [-0.39, 0.29) is 36.6 Å². The van der Waals surface area contributed by atoms with Gasteiger partial charge in [0.05, 0.1) is 5.56 Å². The van der Waals surface area contributed by atoms with Crippen molar-refractivity contribution in [2.45, 2.75) is 18.8 Å². The lowest BCUT2D eigenvalue weighted by molar-refractivity contribution is 0.0705. The number of amides is 1. The summed E-state index contributed by atoms with van der Waals surface area (Å²) in [7, 11) is 0. The van der Waals surface area contributed by atoms with Gasteiger partial charge < -0.3 is 15.2 Å². The molecule has 7 nitrogen and oxygen atoms in total. The maximum Gasteiger partial charge on any atom is 0.255 e. The molecule has 0 radical (unpaired) electrons. The van der Waals surface area contributed by atoms with E-state index < -0.39 is 0 Å². The molecule has 0 spiro atoms. The lowest BCUT2D eigenvalue weighted by Crippen LogP contribution is -2.38. The molecular weight excluding hydrogens is 401 g/mol. The fourth-order valence-corrected chi connectivity index (χ4v) is 3.19. The van der Waals surface area contributed by atoms with E-state index in [9.17, 15) is 4.79 Å². The Morgan fingerprint density at radius 3 is 2.46 bits per heavy atom. The van der Waals surface area contributed by atoms with Gasteiger partial charge in [0, 0.05) is 30.9 Å². The highest BCUT2D eigenvalue weighted by Gasteiger charge is 2.28. The molecule has 4 rings (SSSR count). The second-order valence-electron chi connectivity index (χ2n) is 6.32. The highest BCUT2D eigenvalue weighted by Crippen LogP contribution is 2.29. The Hall–Kier alpha value is -2.64. The number of piperidine rings is 1. The van der Waals surface area contributed by atoms with E-state index >= 15 is 0 Å². The number of likely N-dealkylation sites (tertiary alicyclic amines) is 1. The van der Waals surface area contributed by atoms with Crippen molar-refractivity contribution in [2.24, 2.45) is 0 Å². The minimum atomic E-state index is -0.0266. The minimum absolute atomic E-state index is 0. The molecule has 0 bridgehead atoms. The van der Waals surface area contributed by atoms with Crippen LogP contribution in [-0.2, 0) is 0 Å². The first-order valence-corrected chi connectivity index (χ1v) is 8.61. The van der Waals surface area contributed by atoms with Gasteiger partial charge >= 0.3 is 0 Å². The molecule has 1 amide bonds. The van der Waals surface area contributed by atoms with Crippen molar-refractivity contribution in [2.75, 3.05) is 18.8 Å². The first-order valence-electron chi connectivity index (χ1n) is 8.61. The molecule has 2 aromatic heterocycles. The molecule has 1 aromatic carbocycles. The monoisotopic (exact) mass is 421 g/mol. The van der Waals surface area contributed by atoms with E-state index in [0.29, 0.717) is 41.7 Å².